The van der Waals surface area contributed by atoms with Gasteiger partial charge in [0.1, 0.15) is 0 Å². The number of methoxy groups -OCH3 is 1. The number of fused-ring (bicyclic) bond motifs is 1. The van der Waals surface area contributed by atoms with E-state index < -0.39 is 8.32 Å². The molecule has 2 atom stereocenters. The van der Waals surface area contributed by atoms with Crippen molar-refractivity contribution in [1.29, 1.82) is 0 Å². The van der Waals surface area contributed by atoms with Crippen molar-refractivity contribution in [3.05, 3.63) is 11.6 Å². The summed E-state index contributed by atoms with van der Waals surface area (Å²) in [5.41, 5.74) is 0.429. The van der Waals surface area contributed by atoms with Gasteiger partial charge in [-0.1, -0.05) is 26.8 Å². The molecular weight excluding hydrogens is 256 g/mol. The van der Waals surface area contributed by atoms with Crippen molar-refractivity contribution in [2.45, 2.75) is 63.8 Å². The zero-order chi connectivity index (χ0) is 14.5. The lowest BCUT2D eigenvalue weighted by Crippen LogP contribution is -2.57. The van der Waals surface area contributed by atoms with Gasteiger partial charge >= 0.3 is 5.97 Å². The van der Waals surface area contributed by atoms with Crippen LogP contribution < -0.4 is 0 Å². The van der Waals surface area contributed by atoms with Crippen LogP contribution in [0.3, 0.4) is 0 Å². The molecule has 19 heavy (non-hydrogen) atoms. The van der Waals surface area contributed by atoms with Crippen LogP contribution in [0.5, 0.6) is 0 Å². The summed E-state index contributed by atoms with van der Waals surface area (Å²) >= 11 is 0. The molecule has 0 N–H and O–H groups in total. The van der Waals surface area contributed by atoms with Crippen molar-refractivity contribution in [3.63, 3.8) is 0 Å². The van der Waals surface area contributed by atoms with Crippen LogP contribution in [-0.2, 0) is 14.0 Å². The van der Waals surface area contributed by atoms with E-state index >= 15 is 0 Å². The summed E-state index contributed by atoms with van der Waals surface area (Å²) < 4.78 is 11.6. The summed E-state index contributed by atoms with van der Waals surface area (Å²) in [6.45, 7) is 11.2. The van der Waals surface area contributed by atoms with Crippen molar-refractivity contribution in [3.8, 4) is 0 Å². The Hall–Kier alpha value is -0.613. The van der Waals surface area contributed by atoms with E-state index in [1.54, 1.807) is 0 Å². The molecule has 1 fully saturated rings. The van der Waals surface area contributed by atoms with Crippen LogP contribution in [0.15, 0.2) is 11.6 Å². The van der Waals surface area contributed by atoms with E-state index in [0.717, 1.165) is 24.8 Å². The Morgan fingerprint density at radius 1 is 1.42 bits per heavy atom. The molecule has 0 heterocycles. The van der Waals surface area contributed by atoms with Crippen molar-refractivity contribution in [1.82, 2.24) is 0 Å². The topological polar surface area (TPSA) is 35.5 Å². The molecule has 0 aromatic heterocycles. The Morgan fingerprint density at radius 3 is 2.53 bits per heavy atom. The Bertz CT molecular complexity index is 420. The predicted octanol–water partition coefficient (Wildman–Crippen LogP) is 3.66. The molecule has 3 nitrogen and oxygen atoms in total. The molecule has 108 valence electrons. The first-order valence-corrected chi connectivity index (χ1v) is 10.1. The molecule has 0 aromatic carbocycles. The number of hydrogen-bond donors (Lipinski definition) is 0. The summed E-state index contributed by atoms with van der Waals surface area (Å²) in [4.78, 5) is 11.9. The minimum absolute atomic E-state index is 0.158. The molecule has 0 unspecified atom stereocenters. The first-order valence-electron chi connectivity index (χ1n) is 7.15. The zero-order valence-corrected chi connectivity index (χ0v) is 14.0. The van der Waals surface area contributed by atoms with Gasteiger partial charge in [0.25, 0.3) is 0 Å². The van der Waals surface area contributed by atoms with E-state index in [0.29, 0.717) is 5.92 Å². The second-order valence-electron chi connectivity index (χ2n) is 7.32. The molecule has 0 aliphatic heterocycles. The quantitative estimate of drug-likeness (QED) is 0.585. The summed E-state index contributed by atoms with van der Waals surface area (Å²) in [5, 5.41) is 0.158. The van der Waals surface area contributed by atoms with E-state index in [-0.39, 0.29) is 16.6 Å². The molecule has 2 aliphatic rings. The van der Waals surface area contributed by atoms with Crippen LogP contribution in [0.2, 0.25) is 18.1 Å². The van der Waals surface area contributed by atoms with Crippen LogP contribution in [0.25, 0.3) is 0 Å². The fourth-order valence-electron chi connectivity index (χ4n) is 2.94. The third kappa shape index (κ3) is 2.19. The van der Waals surface area contributed by atoms with E-state index in [4.69, 9.17) is 9.16 Å². The number of carbonyl (C=O) groups excluding carboxylic acids is 1. The predicted molar refractivity (Wildman–Crippen MR) is 78.5 cm³/mol. The Kier molecular flexibility index (Phi) is 3.46. The van der Waals surface area contributed by atoms with E-state index in [1.165, 1.54) is 7.11 Å². The Morgan fingerprint density at radius 2 is 2.05 bits per heavy atom. The second-order valence-corrected chi connectivity index (χ2v) is 12.0. The summed E-state index contributed by atoms with van der Waals surface area (Å²) in [5.74, 6) is 0.201. The number of esters is 1. The van der Waals surface area contributed by atoms with E-state index in [9.17, 15) is 4.79 Å². The van der Waals surface area contributed by atoms with Crippen molar-refractivity contribution in [2.24, 2.45) is 5.92 Å². The second kappa shape index (κ2) is 4.45. The molecule has 2 rings (SSSR count). The molecule has 0 amide bonds. The maximum atomic E-state index is 11.9. The van der Waals surface area contributed by atoms with E-state index in [2.05, 4.69) is 39.9 Å². The highest BCUT2D eigenvalue weighted by Gasteiger charge is 2.58. The fourth-order valence-corrected chi connectivity index (χ4v) is 4.52. The Labute approximate surface area is 117 Å². The van der Waals surface area contributed by atoms with Gasteiger partial charge in [0.15, 0.2) is 8.32 Å². The SMILES string of the molecule is COC(=O)C1=C[C@@H]2CCC[C@]12O[Si](C)(C)C(C)(C)C. The van der Waals surface area contributed by atoms with Crippen LogP contribution in [0.1, 0.15) is 40.0 Å². The van der Waals surface area contributed by atoms with Gasteiger partial charge in [0, 0.05) is 5.92 Å². The third-order valence-corrected chi connectivity index (χ3v) is 9.62. The van der Waals surface area contributed by atoms with Crippen molar-refractivity contribution in [2.75, 3.05) is 7.11 Å². The standard InChI is InChI=1S/C15H26O3Si/c1-14(2,3)19(5,6)18-15-9-7-8-11(15)10-12(15)13(16)17-4/h10-11H,7-9H2,1-6H3/t11-,15+/m0/s1. The molecule has 0 bridgehead atoms. The number of rotatable bonds is 3. The minimum atomic E-state index is -1.88. The Balaban J connectivity index is 2.27. The normalized spacial score (nSPS) is 30.4. The molecule has 1 saturated carbocycles. The van der Waals surface area contributed by atoms with Gasteiger partial charge in [-0.15, -0.1) is 0 Å². The molecule has 4 heteroatoms. The highest BCUT2D eigenvalue weighted by molar-refractivity contribution is 6.74. The molecule has 0 saturated heterocycles. The van der Waals surface area contributed by atoms with Gasteiger partial charge in [0.2, 0.25) is 0 Å². The van der Waals surface area contributed by atoms with Gasteiger partial charge in [-0.05, 0) is 37.4 Å². The lowest BCUT2D eigenvalue weighted by atomic mass is 9.72. The lowest BCUT2D eigenvalue weighted by Gasteiger charge is -2.50. The maximum Gasteiger partial charge on any atom is 0.336 e. The highest BCUT2D eigenvalue weighted by Crippen LogP contribution is 2.55. The molecule has 2 aliphatic carbocycles. The maximum absolute atomic E-state index is 11.9. The first kappa shape index (κ1) is 14.8. The summed E-state index contributed by atoms with van der Waals surface area (Å²) in [6.07, 6.45) is 5.29. The summed E-state index contributed by atoms with van der Waals surface area (Å²) in [7, 11) is -0.432. The number of carbonyl (C=O) groups is 1. The molecular formula is C15H26O3Si. The van der Waals surface area contributed by atoms with Gasteiger partial charge in [-0.2, -0.15) is 0 Å². The lowest BCUT2D eigenvalue weighted by molar-refractivity contribution is -0.140. The highest BCUT2D eigenvalue weighted by atomic mass is 28.4. The van der Waals surface area contributed by atoms with Gasteiger partial charge in [-0.3, -0.25) is 0 Å². The molecule has 0 radical (unpaired) electrons. The van der Waals surface area contributed by atoms with Crippen molar-refractivity contribution < 1.29 is 14.0 Å². The van der Waals surface area contributed by atoms with Crippen LogP contribution in [-0.4, -0.2) is 27.0 Å². The largest absolute Gasteiger partial charge is 0.466 e. The third-order valence-electron chi connectivity index (χ3n) is 5.13. The smallest absolute Gasteiger partial charge is 0.336 e. The average molecular weight is 282 g/mol. The van der Waals surface area contributed by atoms with Gasteiger partial charge in [0.05, 0.1) is 18.3 Å². The molecule has 0 spiro atoms. The van der Waals surface area contributed by atoms with E-state index in [1.807, 2.05) is 0 Å². The zero-order valence-electron chi connectivity index (χ0n) is 13.0. The molecule has 0 aromatic rings. The van der Waals surface area contributed by atoms with Gasteiger partial charge in [-0.25, -0.2) is 4.79 Å². The average Bonchev–Trinajstić information content (AvgIpc) is 2.56. The minimum Gasteiger partial charge on any atom is -0.466 e. The van der Waals surface area contributed by atoms with Crippen molar-refractivity contribution >= 4 is 14.3 Å². The fraction of sp³-hybridized carbons (Fsp3) is 0.800. The first-order chi connectivity index (χ1) is 8.64. The monoisotopic (exact) mass is 282 g/mol. The number of ether oxygens (including phenoxy) is 1. The number of hydrogen-bond acceptors (Lipinski definition) is 3. The van der Waals surface area contributed by atoms with Gasteiger partial charge < -0.3 is 9.16 Å². The summed E-state index contributed by atoms with van der Waals surface area (Å²) in [6, 6.07) is 0. The van der Waals surface area contributed by atoms with Crippen LogP contribution in [0.4, 0.5) is 0 Å². The van der Waals surface area contributed by atoms with Crippen LogP contribution >= 0.6 is 0 Å². The van der Waals surface area contributed by atoms with Crippen LogP contribution in [0, 0.1) is 5.92 Å².